The number of likely N-dealkylation sites (tertiary alicyclic amines) is 1. The zero-order chi connectivity index (χ0) is 18.8. The minimum absolute atomic E-state index is 0.381. The molecule has 2 heterocycles. The molecule has 1 saturated heterocycles. The van der Waals surface area contributed by atoms with E-state index in [1.807, 2.05) is 12.1 Å². The largest absolute Gasteiger partial charge is 0.508 e. The van der Waals surface area contributed by atoms with Crippen LogP contribution in [0.2, 0.25) is 0 Å². The summed E-state index contributed by atoms with van der Waals surface area (Å²) >= 11 is 5.67. The third kappa shape index (κ3) is 4.16. The maximum absolute atomic E-state index is 10.4. The van der Waals surface area contributed by atoms with Gasteiger partial charge in [-0.25, -0.2) is 0 Å². The van der Waals surface area contributed by atoms with Crippen LogP contribution in [-0.2, 0) is 6.54 Å². The molecule has 0 saturated carbocycles. The topological polar surface area (TPSA) is 23.5 Å². The molecule has 3 aromatic rings. The van der Waals surface area contributed by atoms with E-state index in [2.05, 4.69) is 42.2 Å². The molecular formula is C22H23NOS3. The highest BCUT2D eigenvalue weighted by Gasteiger charge is 2.17. The molecular weight excluding hydrogens is 390 g/mol. The fraction of sp³-hybridized carbons (Fsp3) is 0.318. The second-order valence-corrected chi connectivity index (χ2v) is 10.0. The van der Waals surface area contributed by atoms with Crippen LogP contribution in [0.5, 0.6) is 5.75 Å². The number of hydrogen-bond donors (Lipinski definition) is 1. The number of piperidine rings is 1. The van der Waals surface area contributed by atoms with Crippen LogP contribution in [0.3, 0.4) is 0 Å². The predicted octanol–water partition coefficient (Wildman–Crippen LogP) is 6.87. The number of phenolic OH excluding ortho intramolecular Hbond substituents is 1. The highest BCUT2D eigenvalue weighted by atomic mass is 32.9. The summed E-state index contributed by atoms with van der Waals surface area (Å²) in [6.45, 7) is 5.14. The van der Waals surface area contributed by atoms with Crippen LogP contribution in [0.1, 0.15) is 30.4 Å². The van der Waals surface area contributed by atoms with Gasteiger partial charge in [0, 0.05) is 17.7 Å². The van der Waals surface area contributed by atoms with Crippen molar-refractivity contribution in [1.82, 2.24) is 4.90 Å². The fourth-order valence-corrected chi connectivity index (χ4v) is 6.55. The molecule has 1 fully saturated rings. The smallest absolute Gasteiger partial charge is 0.120 e. The molecule has 1 N–H and O–H groups in total. The van der Waals surface area contributed by atoms with Crippen molar-refractivity contribution >= 4 is 32.9 Å². The van der Waals surface area contributed by atoms with Crippen molar-refractivity contribution in [3.8, 4) is 27.3 Å². The van der Waals surface area contributed by atoms with Crippen molar-refractivity contribution in [3.05, 3.63) is 57.4 Å². The van der Waals surface area contributed by atoms with Gasteiger partial charge in [-0.05, 0) is 56.1 Å². The molecule has 140 valence electrons. The summed E-state index contributed by atoms with van der Waals surface area (Å²) in [5.74, 6) is 0.381. The maximum Gasteiger partial charge on any atom is 0.120 e. The second-order valence-electron chi connectivity index (χ2n) is 7.20. The molecule has 0 bridgehead atoms. The lowest BCUT2D eigenvalue weighted by molar-refractivity contribution is 0.218. The number of nitrogens with zero attached hydrogens (tertiary/aromatic N) is 1. The van der Waals surface area contributed by atoms with Crippen LogP contribution in [0.15, 0.2) is 42.5 Å². The van der Waals surface area contributed by atoms with E-state index in [4.69, 9.17) is 12.2 Å². The van der Waals surface area contributed by atoms with Gasteiger partial charge in [0.25, 0.3) is 0 Å². The average molecular weight is 414 g/mol. The van der Waals surface area contributed by atoms with Gasteiger partial charge in [-0.3, -0.25) is 4.90 Å². The summed E-state index contributed by atoms with van der Waals surface area (Å²) in [5, 5.41) is 10.4. The van der Waals surface area contributed by atoms with Crippen molar-refractivity contribution in [1.29, 1.82) is 0 Å². The molecule has 0 atom stereocenters. The van der Waals surface area contributed by atoms with E-state index in [1.165, 1.54) is 35.3 Å². The van der Waals surface area contributed by atoms with Crippen LogP contribution < -0.4 is 0 Å². The summed E-state index contributed by atoms with van der Waals surface area (Å²) in [7, 11) is 3.39. The second kappa shape index (κ2) is 8.23. The number of aryl methyl sites for hydroxylation is 1. The van der Waals surface area contributed by atoms with Crippen LogP contribution in [0.25, 0.3) is 21.6 Å². The molecule has 27 heavy (non-hydrogen) atoms. The first-order valence-corrected chi connectivity index (χ1v) is 11.9. The Hall–Kier alpha value is -1.53. The monoisotopic (exact) mass is 413 g/mol. The summed E-state index contributed by atoms with van der Waals surface area (Å²) in [6.07, 6.45) is 3.82. The van der Waals surface area contributed by atoms with Crippen LogP contribution in [0, 0.1) is 10.7 Å². The minimum atomic E-state index is 0.381. The number of hydrogen-bond acceptors (Lipinski definition) is 5. The lowest BCUT2D eigenvalue weighted by atomic mass is 10.00. The Morgan fingerprint density at radius 2 is 1.67 bits per heavy atom. The Labute approximate surface area is 173 Å². The van der Waals surface area contributed by atoms with E-state index in [1.54, 1.807) is 20.7 Å². The summed E-state index contributed by atoms with van der Waals surface area (Å²) in [4.78, 5) is 3.66. The zero-order valence-corrected chi connectivity index (χ0v) is 17.9. The van der Waals surface area contributed by atoms with Gasteiger partial charge >= 0.3 is 0 Å². The maximum atomic E-state index is 10.4. The summed E-state index contributed by atoms with van der Waals surface area (Å²) < 4.78 is 0.921. The van der Waals surface area contributed by atoms with Crippen molar-refractivity contribution in [2.45, 2.75) is 32.7 Å². The summed E-state index contributed by atoms with van der Waals surface area (Å²) in [5.41, 5.74) is 5.70. The Kier molecular flexibility index (Phi) is 5.74. The van der Waals surface area contributed by atoms with Gasteiger partial charge in [-0.2, -0.15) is 0 Å². The molecule has 0 unspecified atom stereocenters. The van der Waals surface area contributed by atoms with Gasteiger partial charge in [-0.1, -0.05) is 75.2 Å². The van der Waals surface area contributed by atoms with E-state index >= 15 is 0 Å². The quantitative estimate of drug-likeness (QED) is 0.373. The molecule has 0 radical (unpaired) electrons. The minimum Gasteiger partial charge on any atom is -0.508 e. The van der Waals surface area contributed by atoms with E-state index in [0.717, 1.165) is 40.1 Å². The van der Waals surface area contributed by atoms with Crippen LogP contribution in [-0.4, -0.2) is 23.1 Å². The summed E-state index contributed by atoms with van der Waals surface area (Å²) in [6, 6.07) is 14.6. The first kappa shape index (κ1) is 18.8. The normalized spacial score (nSPS) is 15.1. The van der Waals surface area contributed by atoms with Gasteiger partial charge < -0.3 is 5.11 Å². The van der Waals surface area contributed by atoms with Crippen molar-refractivity contribution in [2.75, 3.05) is 13.1 Å². The Balaban J connectivity index is 1.71. The highest BCUT2D eigenvalue weighted by molar-refractivity contribution is 7.80. The van der Waals surface area contributed by atoms with E-state index in [9.17, 15) is 5.11 Å². The van der Waals surface area contributed by atoms with Gasteiger partial charge in [0.05, 0.1) is 4.88 Å². The SMILES string of the molecule is Cc1ccc(-c2ssc(=S)c2-c2ccc(O)c(CN3CCCCC3)c2)cc1. The lowest BCUT2D eigenvalue weighted by Crippen LogP contribution is -2.29. The number of phenols is 1. The molecule has 1 aliphatic rings. The molecule has 0 aliphatic carbocycles. The van der Waals surface area contributed by atoms with Crippen molar-refractivity contribution in [2.24, 2.45) is 0 Å². The number of aromatic hydroxyl groups is 1. The molecule has 0 spiro atoms. The van der Waals surface area contributed by atoms with E-state index in [-0.39, 0.29) is 0 Å². The number of benzene rings is 2. The first-order valence-electron chi connectivity index (χ1n) is 9.36. The molecule has 5 heteroatoms. The molecule has 4 rings (SSSR count). The first-order chi connectivity index (χ1) is 13.1. The average Bonchev–Trinajstić information content (AvgIpc) is 3.06. The van der Waals surface area contributed by atoms with Crippen LogP contribution in [0.4, 0.5) is 0 Å². The third-order valence-corrected chi connectivity index (χ3v) is 8.22. The van der Waals surface area contributed by atoms with Crippen molar-refractivity contribution < 1.29 is 5.11 Å². The Morgan fingerprint density at radius 1 is 0.963 bits per heavy atom. The fourth-order valence-electron chi connectivity index (χ4n) is 3.63. The highest BCUT2D eigenvalue weighted by Crippen LogP contribution is 2.42. The van der Waals surface area contributed by atoms with Crippen molar-refractivity contribution in [3.63, 3.8) is 0 Å². The Morgan fingerprint density at radius 3 is 2.41 bits per heavy atom. The van der Waals surface area contributed by atoms with Gasteiger partial charge in [0.15, 0.2) is 0 Å². The molecule has 1 aromatic heterocycles. The van der Waals surface area contributed by atoms with Gasteiger partial charge in [0.2, 0.25) is 0 Å². The molecule has 2 aromatic carbocycles. The van der Waals surface area contributed by atoms with E-state index in [0.29, 0.717) is 5.75 Å². The van der Waals surface area contributed by atoms with Crippen LogP contribution >= 0.6 is 32.9 Å². The lowest BCUT2D eigenvalue weighted by Gasteiger charge is -2.26. The molecule has 1 aliphatic heterocycles. The van der Waals surface area contributed by atoms with Gasteiger partial charge in [0.1, 0.15) is 9.57 Å². The van der Waals surface area contributed by atoms with E-state index < -0.39 is 0 Å². The molecule has 2 nitrogen and oxygen atoms in total. The number of rotatable bonds is 4. The predicted molar refractivity (Wildman–Crippen MR) is 119 cm³/mol. The zero-order valence-electron chi connectivity index (χ0n) is 15.4. The molecule has 0 amide bonds. The third-order valence-electron chi connectivity index (χ3n) is 5.16. The standard InChI is InChI=1S/C22H23NOS3/c1-15-5-7-16(8-6-15)21-20(22(25)27-26-21)17-9-10-19(24)18(13-17)14-23-11-3-2-4-12-23/h5-10,13,24H,2-4,11-12,14H2,1H3. The Bertz CT molecular complexity index is 982. The van der Waals surface area contributed by atoms with Gasteiger partial charge in [-0.15, -0.1) is 0 Å².